The predicted molar refractivity (Wildman–Crippen MR) is 85.1 cm³/mol. The summed E-state index contributed by atoms with van der Waals surface area (Å²) in [7, 11) is -3.06. The summed E-state index contributed by atoms with van der Waals surface area (Å²) in [5, 5.41) is 7.90. The molecule has 1 atom stereocenters. The van der Waals surface area contributed by atoms with Crippen molar-refractivity contribution >= 4 is 38.1 Å². The van der Waals surface area contributed by atoms with Gasteiger partial charge in [-0.3, -0.25) is 4.90 Å². The summed E-state index contributed by atoms with van der Waals surface area (Å²) >= 11 is 3.03. The zero-order valence-electron chi connectivity index (χ0n) is 11.7. The molecule has 0 spiro atoms. The topological polar surface area (TPSA) is 75.2 Å². The summed E-state index contributed by atoms with van der Waals surface area (Å²) in [6, 6.07) is 0. The van der Waals surface area contributed by atoms with Gasteiger partial charge in [0.25, 0.3) is 0 Å². The van der Waals surface area contributed by atoms with E-state index in [1.165, 1.54) is 11.5 Å². The van der Waals surface area contributed by atoms with E-state index in [9.17, 15) is 8.42 Å². The molecule has 0 aliphatic carbocycles. The first-order valence-corrected chi connectivity index (χ1v) is 10.3. The third kappa shape index (κ3) is 3.63. The third-order valence-electron chi connectivity index (χ3n) is 3.25. The normalized spacial score (nSPS) is 21.0. The molecule has 20 heavy (non-hydrogen) atoms. The lowest BCUT2D eigenvalue weighted by atomic mass is 10.4. The first-order valence-electron chi connectivity index (χ1n) is 6.67. The number of hydrogen-bond acceptors (Lipinski definition) is 8. The van der Waals surface area contributed by atoms with Crippen LogP contribution >= 0.6 is 23.3 Å². The molecule has 1 aromatic rings. The molecule has 0 amide bonds. The molecule has 0 saturated carbocycles. The second-order valence-electron chi connectivity index (χ2n) is 4.53. The largest absolute Gasteiger partial charge is 0.374 e. The van der Waals surface area contributed by atoms with Gasteiger partial charge in [-0.2, -0.15) is 11.8 Å². The average molecular weight is 337 g/mol. The zero-order valence-corrected chi connectivity index (χ0v) is 14.2. The maximum atomic E-state index is 12.2. The van der Waals surface area contributed by atoms with E-state index in [-0.39, 0.29) is 5.75 Å². The molecule has 1 fully saturated rings. The van der Waals surface area contributed by atoms with Gasteiger partial charge in [0.1, 0.15) is 16.1 Å². The highest BCUT2D eigenvalue weighted by molar-refractivity contribution is 8.01. The van der Waals surface area contributed by atoms with Gasteiger partial charge < -0.3 is 5.32 Å². The van der Waals surface area contributed by atoms with Gasteiger partial charge in [-0.15, -0.1) is 5.10 Å². The molecule has 2 heterocycles. The summed E-state index contributed by atoms with van der Waals surface area (Å²) in [6.45, 7) is 5.86. The Kier molecular flexibility index (Phi) is 5.65. The number of sulfone groups is 1. The molecule has 0 aromatic carbocycles. The van der Waals surface area contributed by atoms with Crippen molar-refractivity contribution in [3.05, 3.63) is 5.69 Å². The molecule has 1 aliphatic heterocycles. The van der Waals surface area contributed by atoms with E-state index in [1.54, 1.807) is 18.7 Å². The minimum Gasteiger partial charge on any atom is -0.374 e. The number of rotatable bonds is 6. The monoisotopic (exact) mass is 336 g/mol. The Morgan fingerprint density at radius 3 is 2.95 bits per heavy atom. The average Bonchev–Trinajstić information content (AvgIpc) is 2.87. The number of anilines is 1. The van der Waals surface area contributed by atoms with Crippen LogP contribution in [-0.2, 0) is 16.4 Å². The van der Waals surface area contributed by atoms with Gasteiger partial charge in [0.05, 0.1) is 0 Å². The van der Waals surface area contributed by atoms with Crippen molar-refractivity contribution in [3.8, 4) is 0 Å². The quantitative estimate of drug-likeness (QED) is 0.838. The summed E-state index contributed by atoms with van der Waals surface area (Å²) < 4.78 is 28.4. The molecule has 1 N–H and O–H groups in total. The Balaban J connectivity index is 2.15. The molecule has 1 unspecified atom stereocenters. The van der Waals surface area contributed by atoms with Gasteiger partial charge >= 0.3 is 0 Å². The number of aromatic nitrogens is 2. The van der Waals surface area contributed by atoms with Crippen LogP contribution in [0, 0.1) is 0 Å². The van der Waals surface area contributed by atoms with Crippen LogP contribution in [0.25, 0.3) is 0 Å². The van der Waals surface area contributed by atoms with Crippen molar-refractivity contribution in [2.24, 2.45) is 0 Å². The van der Waals surface area contributed by atoms with E-state index in [0.717, 1.165) is 29.5 Å². The van der Waals surface area contributed by atoms with E-state index in [4.69, 9.17) is 0 Å². The summed E-state index contributed by atoms with van der Waals surface area (Å²) in [6.07, 6.45) is 0. The predicted octanol–water partition coefficient (Wildman–Crippen LogP) is 1.28. The molecule has 1 aliphatic rings. The highest BCUT2D eigenvalue weighted by atomic mass is 32.2. The fourth-order valence-electron chi connectivity index (χ4n) is 2.12. The lowest BCUT2D eigenvalue weighted by Crippen LogP contribution is -2.47. The van der Waals surface area contributed by atoms with Crippen molar-refractivity contribution < 1.29 is 8.42 Å². The van der Waals surface area contributed by atoms with Crippen LogP contribution < -0.4 is 5.32 Å². The summed E-state index contributed by atoms with van der Waals surface area (Å²) in [5.41, 5.74) is 0.847. The minimum absolute atomic E-state index is 0.185. The fourth-order valence-corrected chi connectivity index (χ4v) is 5.84. The molecule has 114 valence electrons. The summed E-state index contributed by atoms with van der Waals surface area (Å²) in [4.78, 5) is 2.02. The number of nitrogens with zero attached hydrogens (tertiary/aromatic N) is 3. The molecule has 0 radical (unpaired) electrons. The smallest absolute Gasteiger partial charge is 0.166 e. The SMILES string of the molecule is CCNc1snnc1CN1CCSCC1S(=O)(=O)CC. The maximum Gasteiger partial charge on any atom is 0.166 e. The zero-order chi connectivity index (χ0) is 14.6. The Bertz CT molecular complexity index is 532. The highest BCUT2D eigenvalue weighted by Crippen LogP contribution is 2.26. The van der Waals surface area contributed by atoms with Crippen molar-refractivity contribution in [2.75, 3.05) is 35.7 Å². The van der Waals surface area contributed by atoms with Gasteiger partial charge in [0.15, 0.2) is 9.84 Å². The first-order chi connectivity index (χ1) is 9.58. The van der Waals surface area contributed by atoms with E-state index in [0.29, 0.717) is 12.3 Å². The Hall–Kier alpha value is -0.380. The van der Waals surface area contributed by atoms with Crippen LogP contribution in [0.2, 0.25) is 0 Å². The molecule has 1 aromatic heterocycles. The van der Waals surface area contributed by atoms with Gasteiger partial charge in [-0.1, -0.05) is 11.4 Å². The molecular formula is C11H20N4O2S3. The Labute approximate surface area is 128 Å². The second kappa shape index (κ2) is 7.06. The van der Waals surface area contributed by atoms with E-state index in [2.05, 4.69) is 14.9 Å². The van der Waals surface area contributed by atoms with Crippen molar-refractivity contribution in [3.63, 3.8) is 0 Å². The van der Waals surface area contributed by atoms with E-state index in [1.807, 2.05) is 11.8 Å². The highest BCUT2D eigenvalue weighted by Gasteiger charge is 2.33. The molecular weight excluding hydrogens is 316 g/mol. The standard InChI is InChI=1S/C11H20N4O2S3/c1-3-12-11-9(13-14-19-11)7-15-5-6-18-8-10(15)20(16,17)4-2/h10,12H,3-8H2,1-2H3. The lowest BCUT2D eigenvalue weighted by molar-refractivity contribution is 0.259. The maximum absolute atomic E-state index is 12.2. The molecule has 6 nitrogen and oxygen atoms in total. The van der Waals surface area contributed by atoms with Gasteiger partial charge in [0, 0.05) is 48.4 Å². The minimum atomic E-state index is -3.06. The number of thioether (sulfide) groups is 1. The van der Waals surface area contributed by atoms with Crippen LogP contribution in [0.4, 0.5) is 5.00 Å². The van der Waals surface area contributed by atoms with Gasteiger partial charge in [0.2, 0.25) is 0 Å². The van der Waals surface area contributed by atoms with Gasteiger partial charge in [-0.25, -0.2) is 8.42 Å². The molecule has 9 heteroatoms. The molecule has 1 saturated heterocycles. The van der Waals surface area contributed by atoms with Crippen LogP contribution in [0.3, 0.4) is 0 Å². The van der Waals surface area contributed by atoms with Crippen LogP contribution in [-0.4, -0.2) is 58.6 Å². The van der Waals surface area contributed by atoms with E-state index < -0.39 is 15.2 Å². The first kappa shape index (κ1) is 16.0. The second-order valence-corrected chi connectivity index (χ2v) is 8.88. The van der Waals surface area contributed by atoms with Crippen molar-refractivity contribution in [1.29, 1.82) is 0 Å². The van der Waals surface area contributed by atoms with Gasteiger partial charge in [-0.05, 0) is 6.92 Å². The molecule has 0 bridgehead atoms. The van der Waals surface area contributed by atoms with Crippen LogP contribution in [0.15, 0.2) is 0 Å². The van der Waals surface area contributed by atoms with Crippen molar-refractivity contribution in [1.82, 2.24) is 14.5 Å². The summed E-state index contributed by atoms with van der Waals surface area (Å²) in [5.74, 6) is 1.79. The number of nitrogens with one attached hydrogen (secondary N) is 1. The third-order valence-corrected chi connectivity index (χ3v) is 7.31. The van der Waals surface area contributed by atoms with Crippen LogP contribution in [0.5, 0.6) is 0 Å². The van der Waals surface area contributed by atoms with Crippen LogP contribution in [0.1, 0.15) is 19.5 Å². The number of hydrogen-bond donors (Lipinski definition) is 1. The molecule has 2 rings (SSSR count). The fraction of sp³-hybridized carbons (Fsp3) is 0.818. The van der Waals surface area contributed by atoms with Crippen molar-refractivity contribution in [2.45, 2.75) is 25.8 Å². The Morgan fingerprint density at radius 2 is 2.25 bits per heavy atom. The Morgan fingerprint density at radius 1 is 1.45 bits per heavy atom. The van der Waals surface area contributed by atoms with E-state index >= 15 is 0 Å². The lowest BCUT2D eigenvalue weighted by Gasteiger charge is -2.34.